The van der Waals surface area contributed by atoms with E-state index in [1.54, 1.807) is 0 Å². The van der Waals surface area contributed by atoms with Crippen LogP contribution >= 0.6 is 0 Å². The number of ether oxygens (including phenoxy) is 1. The zero-order chi connectivity index (χ0) is 13.2. The molecule has 0 radical (unpaired) electrons. The first-order valence-corrected chi connectivity index (χ1v) is 6.50. The van der Waals surface area contributed by atoms with Crippen molar-refractivity contribution >= 4 is 0 Å². The maximum atomic E-state index is 12.6. The largest absolute Gasteiger partial charge is 0.417 e. The van der Waals surface area contributed by atoms with Crippen LogP contribution < -0.4 is 0 Å². The fraction of sp³-hybridized carbons (Fsp3) is 1.00. The number of alkyl halides is 3. The second kappa shape index (κ2) is 5.35. The number of piperidine rings is 1. The van der Waals surface area contributed by atoms with Gasteiger partial charge in [-0.2, -0.15) is 13.2 Å². The van der Waals surface area contributed by atoms with Crippen LogP contribution in [0.3, 0.4) is 0 Å². The Hall–Kier alpha value is -0.330. The minimum Gasteiger partial charge on any atom is -0.381 e. The summed E-state index contributed by atoms with van der Waals surface area (Å²) in [6.07, 6.45) is -2.95. The van der Waals surface area contributed by atoms with Gasteiger partial charge in [0.2, 0.25) is 0 Å². The first kappa shape index (κ1) is 14.1. The highest BCUT2D eigenvalue weighted by Gasteiger charge is 2.54. The zero-order valence-electron chi connectivity index (χ0n) is 10.4. The Balaban J connectivity index is 1.79. The minimum atomic E-state index is -4.50. The van der Waals surface area contributed by atoms with E-state index in [1.807, 2.05) is 4.90 Å². The number of hydrogen-bond donors (Lipinski definition) is 1. The fourth-order valence-electron chi connectivity index (χ4n) is 2.68. The molecule has 0 saturated carbocycles. The summed E-state index contributed by atoms with van der Waals surface area (Å²) in [7, 11) is 0. The third-order valence-corrected chi connectivity index (χ3v) is 4.07. The molecule has 0 aromatic rings. The molecule has 0 aliphatic carbocycles. The highest BCUT2D eigenvalue weighted by Crippen LogP contribution is 2.38. The second-order valence-corrected chi connectivity index (χ2v) is 5.39. The molecule has 3 nitrogen and oxygen atoms in total. The molecule has 106 valence electrons. The van der Waals surface area contributed by atoms with Gasteiger partial charge in [-0.15, -0.1) is 0 Å². The van der Waals surface area contributed by atoms with E-state index in [2.05, 4.69) is 0 Å². The van der Waals surface area contributed by atoms with E-state index in [9.17, 15) is 18.3 Å². The molecule has 0 bridgehead atoms. The SMILES string of the molecule is OC1(C(F)(F)F)CCN(CC2CCOCC2)CC1. The third-order valence-electron chi connectivity index (χ3n) is 4.07. The van der Waals surface area contributed by atoms with E-state index in [0.29, 0.717) is 19.0 Å². The number of aliphatic hydroxyl groups is 1. The standard InChI is InChI=1S/C12H20F3NO2/c13-12(14,15)11(17)3-5-16(6-4-11)9-10-1-7-18-8-2-10/h10,17H,1-9H2. The van der Waals surface area contributed by atoms with Crippen molar-refractivity contribution < 1.29 is 23.0 Å². The van der Waals surface area contributed by atoms with Crippen LogP contribution in [-0.2, 0) is 4.74 Å². The summed E-state index contributed by atoms with van der Waals surface area (Å²) in [6, 6.07) is 0. The lowest BCUT2D eigenvalue weighted by Gasteiger charge is -2.40. The lowest BCUT2D eigenvalue weighted by Crippen LogP contribution is -2.54. The first-order valence-electron chi connectivity index (χ1n) is 6.50. The van der Waals surface area contributed by atoms with Gasteiger partial charge < -0.3 is 14.7 Å². The summed E-state index contributed by atoms with van der Waals surface area (Å²) in [5.74, 6) is 0.524. The smallest absolute Gasteiger partial charge is 0.381 e. The highest BCUT2D eigenvalue weighted by atomic mass is 19.4. The third kappa shape index (κ3) is 3.16. The van der Waals surface area contributed by atoms with Crippen LogP contribution in [0, 0.1) is 5.92 Å². The summed E-state index contributed by atoms with van der Waals surface area (Å²) in [5, 5.41) is 9.56. The molecule has 2 saturated heterocycles. The Labute approximate surface area is 105 Å². The van der Waals surface area contributed by atoms with Gasteiger partial charge in [-0.1, -0.05) is 0 Å². The molecule has 0 spiro atoms. The Morgan fingerprint density at radius 2 is 1.72 bits per heavy atom. The number of halogens is 3. The summed E-state index contributed by atoms with van der Waals surface area (Å²) in [6.45, 7) is 2.99. The van der Waals surface area contributed by atoms with Crippen LogP contribution in [0.15, 0.2) is 0 Å². The van der Waals surface area contributed by atoms with E-state index >= 15 is 0 Å². The van der Waals surface area contributed by atoms with Crippen LogP contribution in [0.2, 0.25) is 0 Å². The summed E-state index contributed by atoms with van der Waals surface area (Å²) < 4.78 is 43.1. The maximum absolute atomic E-state index is 12.6. The van der Waals surface area contributed by atoms with E-state index in [-0.39, 0.29) is 12.8 Å². The number of rotatable bonds is 2. The van der Waals surface area contributed by atoms with E-state index < -0.39 is 11.8 Å². The maximum Gasteiger partial charge on any atom is 0.417 e. The van der Waals surface area contributed by atoms with Crippen LogP contribution in [-0.4, -0.2) is 54.6 Å². The normalized spacial score (nSPS) is 27.3. The quantitative estimate of drug-likeness (QED) is 0.828. The van der Waals surface area contributed by atoms with Crippen molar-refractivity contribution in [2.45, 2.75) is 37.5 Å². The first-order chi connectivity index (χ1) is 8.41. The molecule has 0 amide bonds. The second-order valence-electron chi connectivity index (χ2n) is 5.39. The predicted molar refractivity (Wildman–Crippen MR) is 60.2 cm³/mol. The van der Waals surface area contributed by atoms with Crippen molar-refractivity contribution in [2.75, 3.05) is 32.8 Å². The lowest BCUT2D eigenvalue weighted by molar-refractivity contribution is -0.272. The van der Waals surface area contributed by atoms with Crippen LogP contribution in [0.4, 0.5) is 13.2 Å². The van der Waals surface area contributed by atoms with Crippen molar-refractivity contribution in [2.24, 2.45) is 5.92 Å². The summed E-state index contributed by atoms with van der Waals surface area (Å²) in [5.41, 5.74) is -2.47. The van der Waals surface area contributed by atoms with Gasteiger partial charge in [0.25, 0.3) is 0 Å². The Morgan fingerprint density at radius 3 is 2.22 bits per heavy atom. The molecule has 2 aliphatic rings. The number of hydrogen-bond acceptors (Lipinski definition) is 3. The van der Waals surface area contributed by atoms with E-state index in [0.717, 1.165) is 32.6 Å². The van der Waals surface area contributed by atoms with E-state index in [4.69, 9.17) is 4.74 Å². The molecule has 2 rings (SSSR count). The molecule has 18 heavy (non-hydrogen) atoms. The van der Waals surface area contributed by atoms with Crippen LogP contribution in [0.25, 0.3) is 0 Å². The molecule has 2 aliphatic heterocycles. The zero-order valence-corrected chi connectivity index (χ0v) is 10.4. The van der Waals surface area contributed by atoms with Crippen molar-refractivity contribution in [3.05, 3.63) is 0 Å². The molecule has 2 heterocycles. The topological polar surface area (TPSA) is 32.7 Å². The van der Waals surface area contributed by atoms with Gasteiger partial charge in [0.15, 0.2) is 5.60 Å². The number of likely N-dealkylation sites (tertiary alicyclic amines) is 1. The van der Waals surface area contributed by atoms with Crippen molar-refractivity contribution in [3.63, 3.8) is 0 Å². The van der Waals surface area contributed by atoms with Crippen molar-refractivity contribution in [1.82, 2.24) is 4.90 Å². The highest BCUT2D eigenvalue weighted by molar-refractivity contribution is 4.92. The molecule has 6 heteroatoms. The average molecular weight is 267 g/mol. The van der Waals surface area contributed by atoms with Gasteiger partial charge in [-0.3, -0.25) is 0 Å². The number of nitrogens with zero attached hydrogens (tertiary/aromatic N) is 1. The van der Waals surface area contributed by atoms with Gasteiger partial charge in [0, 0.05) is 32.8 Å². The van der Waals surface area contributed by atoms with Crippen molar-refractivity contribution in [1.29, 1.82) is 0 Å². The van der Waals surface area contributed by atoms with Gasteiger partial charge in [-0.05, 0) is 31.6 Å². The Morgan fingerprint density at radius 1 is 1.17 bits per heavy atom. The molecule has 0 aromatic carbocycles. The molecule has 0 unspecified atom stereocenters. The minimum absolute atomic E-state index is 0.209. The molecular weight excluding hydrogens is 247 g/mol. The molecule has 1 N–H and O–H groups in total. The summed E-state index contributed by atoms with van der Waals surface area (Å²) in [4.78, 5) is 2.04. The van der Waals surface area contributed by atoms with Gasteiger partial charge in [0.1, 0.15) is 0 Å². The fourth-order valence-corrected chi connectivity index (χ4v) is 2.68. The molecule has 2 fully saturated rings. The molecular formula is C12H20F3NO2. The monoisotopic (exact) mass is 267 g/mol. The Bertz CT molecular complexity index is 269. The molecule has 0 aromatic heterocycles. The van der Waals surface area contributed by atoms with E-state index in [1.165, 1.54) is 0 Å². The van der Waals surface area contributed by atoms with Gasteiger partial charge >= 0.3 is 6.18 Å². The summed E-state index contributed by atoms with van der Waals surface area (Å²) >= 11 is 0. The van der Waals surface area contributed by atoms with Crippen molar-refractivity contribution in [3.8, 4) is 0 Å². The van der Waals surface area contributed by atoms with Crippen LogP contribution in [0.1, 0.15) is 25.7 Å². The average Bonchev–Trinajstić information content (AvgIpc) is 2.32. The van der Waals surface area contributed by atoms with Gasteiger partial charge in [-0.25, -0.2) is 0 Å². The van der Waals surface area contributed by atoms with Gasteiger partial charge in [0.05, 0.1) is 0 Å². The molecule has 0 atom stereocenters. The van der Waals surface area contributed by atoms with Crippen LogP contribution in [0.5, 0.6) is 0 Å². The predicted octanol–water partition coefficient (Wildman–Crippen LogP) is 1.80. The lowest BCUT2D eigenvalue weighted by atomic mass is 9.89. The Kier molecular flexibility index (Phi) is 4.18.